The van der Waals surface area contributed by atoms with Crippen LogP contribution in [0.2, 0.25) is 5.02 Å². The minimum atomic E-state index is -0.718. The highest BCUT2D eigenvalue weighted by molar-refractivity contribution is 7.98. The molecule has 0 atom stereocenters. The summed E-state index contributed by atoms with van der Waals surface area (Å²) in [4.78, 5) is 35.9. The lowest BCUT2D eigenvalue weighted by Crippen LogP contribution is -2.21. The van der Waals surface area contributed by atoms with Crippen LogP contribution >= 0.6 is 23.4 Å². The van der Waals surface area contributed by atoms with E-state index in [1.165, 1.54) is 23.9 Å². The Hall–Kier alpha value is -3.37. The minimum absolute atomic E-state index is 0.0455. The van der Waals surface area contributed by atoms with Crippen LogP contribution in [0.1, 0.15) is 27.4 Å². The van der Waals surface area contributed by atoms with E-state index >= 15 is 0 Å². The Kier molecular flexibility index (Phi) is 7.49. The Morgan fingerprint density at radius 3 is 2.69 bits per heavy atom. The summed E-state index contributed by atoms with van der Waals surface area (Å²) in [6.45, 7) is 3.05. The maximum Gasteiger partial charge on any atom is 0.339 e. The first-order chi connectivity index (χ1) is 15.3. The Bertz CT molecular complexity index is 1160. The first kappa shape index (κ1) is 23.3. The van der Waals surface area contributed by atoms with Crippen molar-refractivity contribution < 1.29 is 23.8 Å². The molecule has 0 aliphatic rings. The topological polar surface area (TPSA) is 125 Å². The standard InChI is InChI=1S/C21H18ClN3O6S/c1-12-16(13(2)31-24-12)11-32-19-6-4-3-5-15(19)21(27)30-10-20(26)23-17-8-7-14(22)9-18(17)25(28)29/h3-9H,10-11H2,1-2H3,(H,23,26). The van der Waals surface area contributed by atoms with Crippen LogP contribution in [-0.2, 0) is 15.3 Å². The fraction of sp³-hybridized carbons (Fsp3) is 0.190. The van der Waals surface area contributed by atoms with Gasteiger partial charge in [0.2, 0.25) is 0 Å². The Morgan fingerprint density at radius 2 is 2.00 bits per heavy atom. The van der Waals surface area contributed by atoms with E-state index in [1.807, 2.05) is 13.8 Å². The van der Waals surface area contributed by atoms with Gasteiger partial charge in [0.15, 0.2) is 6.61 Å². The number of nitro groups is 1. The van der Waals surface area contributed by atoms with E-state index < -0.39 is 23.4 Å². The number of rotatable bonds is 8. The molecule has 3 rings (SSSR count). The Labute approximate surface area is 192 Å². The number of esters is 1. The number of anilines is 1. The quantitative estimate of drug-likeness (QED) is 0.210. The van der Waals surface area contributed by atoms with Gasteiger partial charge in [-0.3, -0.25) is 14.9 Å². The summed E-state index contributed by atoms with van der Waals surface area (Å²) in [5.41, 5.74) is 1.62. The van der Waals surface area contributed by atoms with Gasteiger partial charge >= 0.3 is 5.97 Å². The highest BCUT2D eigenvalue weighted by Crippen LogP contribution is 2.30. The summed E-state index contributed by atoms with van der Waals surface area (Å²) in [6, 6.07) is 10.7. The lowest BCUT2D eigenvalue weighted by atomic mass is 10.2. The van der Waals surface area contributed by atoms with E-state index in [-0.39, 0.29) is 16.4 Å². The van der Waals surface area contributed by atoms with Crippen molar-refractivity contribution in [2.45, 2.75) is 24.5 Å². The minimum Gasteiger partial charge on any atom is -0.452 e. The molecule has 9 nitrogen and oxygen atoms in total. The number of nitro benzene ring substituents is 1. The molecule has 1 aromatic heterocycles. The molecule has 11 heteroatoms. The molecule has 32 heavy (non-hydrogen) atoms. The van der Waals surface area contributed by atoms with Gasteiger partial charge in [-0.05, 0) is 38.1 Å². The molecule has 0 spiro atoms. The van der Waals surface area contributed by atoms with Crippen molar-refractivity contribution in [3.63, 3.8) is 0 Å². The number of hydrogen-bond acceptors (Lipinski definition) is 8. The second-order valence-electron chi connectivity index (χ2n) is 6.63. The number of hydrogen-bond donors (Lipinski definition) is 1. The van der Waals surface area contributed by atoms with Crippen LogP contribution in [0.25, 0.3) is 0 Å². The fourth-order valence-electron chi connectivity index (χ4n) is 2.78. The van der Waals surface area contributed by atoms with Gasteiger partial charge in [0.05, 0.1) is 16.2 Å². The molecule has 0 aliphatic heterocycles. The van der Waals surface area contributed by atoms with Crippen LogP contribution in [0, 0.1) is 24.0 Å². The van der Waals surface area contributed by atoms with E-state index in [4.69, 9.17) is 20.9 Å². The molecule has 2 aromatic carbocycles. The predicted molar refractivity (Wildman–Crippen MR) is 119 cm³/mol. The zero-order valence-electron chi connectivity index (χ0n) is 17.1. The van der Waals surface area contributed by atoms with Crippen LogP contribution in [0.5, 0.6) is 0 Å². The van der Waals surface area contributed by atoms with Crippen molar-refractivity contribution in [1.82, 2.24) is 5.16 Å². The van der Waals surface area contributed by atoms with E-state index in [2.05, 4.69) is 10.5 Å². The lowest BCUT2D eigenvalue weighted by molar-refractivity contribution is -0.383. The number of halogens is 1. The third-order valence-corrected chi connectivity index (χ3v) is 5.76. The van der Waals surface area contributed by atoms with Crippen molar-refractivity contribution in [2.75, 3.05) is 11.9 Å². The first-order valence-electron chi connectivity index (χ1n) is 9.30. The number of ether oxygens (including phenoxy) is 1. The average molecular weight is 476 g/mol. The molecular formula is C21H18ClN3O6S. The molecule has 0 radical (unpaired) electrons. The Balaban J connectivity index is 1.63. The van der Waals surface area contributed by atoms with Gasteiger partial charge < -0.3 is 14.6 Å². The van der Waals surface area contributed by atoms with Crippen molar-refractivity contribution >= 4 is 46.6 Å². The molecule has 166 valence electrons. The summed E-state index contributed by atoms with van der Waals surface area (Å²) in [5, 5.41) is 17.6. The second kappa shape index (κ2) is 10.3. The number of nitrogens with zero attached hydrogens (tertiary/aromatic N) is 2. The molecule has 0 fully saturated rings. The number of aryl methyl sites for hydroxylation is 2. The van der Waals surface area contributed by atoms with Crippen molar-refractivity contribution in [3.05, 3.63) is 80.2 Å². The Morgan fingerprint density at radius 1 is 1.25 bits per heavy atom. The first-order valence-corrected chi connectivity index (χ1v) is 10.7. The maximum atomic E-state index is 12.6. The summed E-state index contributed by atoms with van der Waals surface area (Å²) in [7, 11) is 0. The molecule has 0 saturated heterocycles. The van der Waals surface area contributed by atoms with E-state index in [1.54, 1.807) is 24.3 Å². The number of thioether (sulfide) groups is 1. The highest BCUT2D eigenvalue weighted by atomic mass is 35.5. The summed E-state index contributed by atoms with van der Waals surface area (Å²) >= 11 is 7.18. The van der Waals surface area contributed by atoms with Gasteiger partial charge in [0.25, 0.3) is 11.6 Å². The highest BCUT2D eigenvalue weighted by Gasteiger charge is 2.19. The summed E-state index contributed by atoms with van der Waals surface area (Å²) in [5.74, 6) is -0.146. The van der Waals surface area contributed by atoms with Gasteiger partial charge in [-0.25, -0.2) is 4.79 Å². The summed E-state index contributed by atoms with van der Waals surface area (Å²) in [6.07, 6.45) is 0. The average Bonchev–Trinajstić information content (AvgIpc) is 3.09. The van der Waals surface area contributed by atoms with E-state index in [0.717, 1.165) is 17.3 Å². The van der Waals surface area contributed by atoms with Crippen LogP contribution in [0.15, 0.2) is 51.9 Å². The van der Waals surface area contributed by atoms with Gasteiger partial charge in [0, 0.05) is 27.3 Å². The molecule has 3 aromatic rings. The predicted octanol–water partition coefficient (Wildman–Crippen LogP) is 4.94. The molecule has 0 saturated carbocycles. The largest absolute Gasteiger partial charge is 0.452 e. The number of carbonyl (C=O) groups is 2. The number of benzene rings is 2. The van der Waals surface area contributed by atoms with Crippen LogP contribution < -0.4 is 5.32 Å². The number of amides is 1. The van der Waals surface area contributed by atoms with Crippen LogP contribution in [-0.4, -0.2) is 28.6 Å². The van der Waals surface area contributed by atoms with Crippen molar-refractivity contribution in [3.8, 4) is 0 Å². The monoisotopic (exact) mass is 475 g/mol. The zero-order chi connectivity index (χ0) is 23.3. The molecule has 1 heterocycles. The molecule has 0 aliphatic carbocycles. The van der Waals surface area contributed by atoms with Crippen molar-refractivity contribution in [1.29, 1.82) is 0 Å². The van der Waals surface area contributed by atoms with Gasteiger partial charge in [0.1, 0.15) is 11.4 Å². The molecule has 1 N–H and O–H groups in total. The third kappa shape index (κ3) is 5.65. The number of carbonyl (C=O) groups excluding carboxylic acids is 2. The van der Waals surface area contributed by atoms with Gasteiger partial charge in [-0.15, -0.1) is 11.8 Å². The third-order valence-electron chi connectivity index (χ3n) is 4.43. The normalized spacial score (nSPS) is 10.6. The van der Waals surface area contributed by atoms with Gasteiger partial charge in [-0.2, -0.15) is 0 Å². The summed E-state index contributed by atoms with van der Waals surface area (Å²) < 4.78 is 10.3. The van der Waals surface area contributed by atoms with Crippen LogP contribution in [0.3, 0.4) is 0 Å². The molecule has 1 amide bonds. The molecule has 0 bridgehead atoms. The fourth-order valence-corrected chi connectivity index (χ4v) is 4.14. The molecular weight excluding hydrogens is 458 g/mol. The lowest BCUT2D eigenvalue weighted by Gasteiger charge is -2.10. The SMILES string of the molecule is Cc1noc(C)c1CSc1ccccc1C(=O)OCC(=O)Nc1ccc(Cl)cc1[N+](=O)[O-]. The van der Waals surface area contributed by atoms with Crippen molar-refractivity contribution in [2.24, 2.45) is 0 Å². The van der Waals surface area contributed by atoms with Crippen LogP contribution in [0.4, 0.5) is 11.4 Å². The molecule has 0 unspecified atom stereocenters. The second-order valence-corrected chi connectivity index (χ2v) is 8.08. The smallest absolute Gasteiger partial charge is 0.339 e. The van der Waals surface area contributed by atoms with E-state index in [9.17, 15) is 19.7 Å². The maximum absolute atomic E-state index is 12.6. The van der Waals surface area contributed by atoms with E-state index in [0.29, 0.717) is 22.0 Å². The number of nitrogens with one attached hydrogen (secondary N) is 1. The zero-order valence-corrected chi connectivity index (χ0v) is 18.7. The van der Waals surface area contributed by atoms with Gasteiger partial charge in [-0.1, -0.05) is 28.9 Å². The number of aromatic nitrogens is 1.